The minimum atomic E-state index is -0.493. The van der Waals surface area contributed by atoms with Crippen LogP contribution in [0.15, 0.2) is 48.5 Å². The smallest absolute Gasteiger partial charge is 0.412 e. The molecule has 0 aliphatic heterocycles. The lowest BCUT2D eigenvalue weighted by molar-refractivity contribution is -0.384. The molecule has 7 nitrogen and oxygen atoms in total. The fraction of sp³-hybridized carbons (Fsp3) is 0.235. The third kappa shape index (κ3) is 5.28. The van der Waals surface area contributed by atoms with E-state index in [1.165, 1.54) is 24.3 Å². The number of hydrogen-bond acceptors (Lipinski definition) is 5. The highest BCUT2D eigenvalue weighted by Gasteiger charge is 2.06. The molecule has 2 rings (SSSR count). The molecule has 1 amide bonds. The number of nitro benzene ring substituents is 1. The number of nitro groups is 1. The van der Waals surface area contributed by atoms with E-state index in [4.69, 9.17) is 9.47 Å². The number of non-ortho nitro benzene ring substituents is 1. The summed E-state index contributed by atoms with van der Waals surface area (Å²) in [6, 6.07) is 12.3. The van der Waals surface area contributed by atoms with Crippen LogP contribution in [0.5, 0.6) is 17.2 Å². The van der Waals surface area contributed by atoms with Gasteiger partial charge in [0.1, 0.15) is 17.2 Å². The maximum absolute atomic E-state index is 11.5. The van der Waals surface area contributed by atoms with Crippen molar-refractivity contribution < 1.29 is 19.2 Å². The largest absolute Gasteiger partial charge is 0.457 e. The number of hydrogen-bond donors (Lipinski definition) is 1. The molecule has 0 radical (unpaired) electrons. The summed E-state index contributed by atoms with van der Waals surface area (Å²) in [6.45, 7) is 2.62. The Hall–Kier alpha value is -3.09. The summed E-state index contributed by atoms with van der Waals surface area (Å²) in [5, 5.41) is 13.3. The number of rotatable bonds is 7. The van der Waals surface area contributed by atoms with Crippen molar-refractivity contribution in [1.29, 1.82) is 0 Å². The molecule has 0 aliphatic rings. The fourth-order valence-corrected chi connectivity index (χ4v) is 1.86. The lowest BCUT2D eigenvalue weighted by Crippen LogP contribution is -2.27. The van der Waals surface area contributed by atoms with Crippen molar-refractivity contribution in [3.8, 4) is 17.2 Å². The Bertz CT molecular complexity index is 683. The molecule has 7 heteroatoms. The number of carbonyl (C=O) groups is 1. The number of ether oxygens (including phenoxy) is 2. The molecule has 0 saturated heterocycles. The van der Waals surface area contributed by atoms with Crippen LogP contribution in [0.4, 0.5) is 10.5 Å². The van der Waals surface area contributed by atoms with Crippen LogP contribution in [-0.2, 0) is 0 Å². The van der Waals surface area contributed by atoms with Crippen molar-refractivity contribution in [2.75, 3.05) is 6.54 Å². The number of unbranched alkanes of at least 4 members (excludes halogenated alkanes) is 1. The van der Waals surface area contributed by atoms with Gasteiger partial charge in [-0.3, -0.25) is 10.1 Å². The molecule has 0 unspecified atom stereocenters. The Labute approximate surface area is 139 Å². The zero-order valence-electron chi connectivity index (χ0n) is 13.2. The van der Waals surface area contributed by atoms with Gasteiger partial charge in [0.15, 0.2) is 0 Å². The number of carbonyl (C=O) groups excluding carboxylic acids is 1. The Morgan fingerprint density at radius 2 is 1.58 bits per heavy atom. The van der Waals surface area contributed by atoms with Crippen molar-refractivity contribution in [2.45, 2.75) is 19.8 Å². The predicted octanol–water partition coefficient (Wildman–Crippen LogP) is 4.28. The van der Waals surface area contributed by atoms with E-state index in [1.54, 1.807) is 24.3 Å². The number of nitrogens with one attached hydrogen (secondary N) is 1. The highest BCUT2D eigenvalue weighted by molar-refractivity contribution is 5.70. The van der Waals surface area contributed by atoms with E-state index in [0.717, 1.165) is 12.8 Å². The average molecular weight is 330 g/mol. The molecule has 2 aromatic carbocycles. The second-order valence-corrected chi connectivity index (χ2v) is 4.99. The molecule has 1 N–H and O–H groups in total. The molecule has 0 atom stereocenters. The standard InChI is InChI=1S/C17H18N2O5/c1-2-3-12-18-17(20)24-16-10-8-15(9-11-16)23-14-6-4-13(5-7-14)19(21)22/h4-11H,2-3,12H2,1H3,(H,18,20). The van der Waals surface area contributed by atoms with Gasteiger partial charge in [-0.25, -0.2) is 4.79 Å². The zero-order chi connectivity index (χ0) is 17.4. The number of amides is 1. The Morgan fingerprint density at radius 1 is 1.04 bits per heavy atom. The fourth-order valence-electron chi connectivity index (χ4n) is 1.86. The van der Waals surface area contributed by atoms with Gasteiger partial charge in [-0.15, -0.1) is 0 Å². The second-order valence-electron chi connectivity index (χ2n) is 4.99. The lowest BCUT2D eigenvalue weighted by atomic mass is 10.3. The SMILES string of the molecule is CCCCNC(=O)Oc1ccc(Oc2ccc([N+](=O)[O-])cc2)cc1. The monoisotopic (exact) mass is 330 g/mol. The van der Waals surface area contributed by atoms with Gasteiger partial charge in [0, 0.05) is 18.7 Å². The van der Waals surface area contributed by atoms with E-state index in [9.17, 15) is 14.9 Å². The molecule has 126 valence electrons. The van der Waals surface area contributed by atoms with Crippen LogP contribution < -0.4 is 14.8 Å². The number of benzene rings is 2. The van der Waals surface area contributed by atoms with Gasteiger partial charge >= 0.3 is 6.09 Å². The average Bonchev–Trinajstić information content (AvgIpc) is 2.57. The van der Waals surface area contributed by atoms with Crippen molar-refractivity contribution in [3.05, 3.63) is 58.6 Å². The Morgan fingerprint density at radius 3 is 2.12 bits per heavy atom. The van der Waals surface area contributed by atoms with Gasteiger partial charge in [-0.2, -0.15) is 0 Å². The zero-order valence-corrected chi connectivity index (χ0v) is 13.2. The first kappa shape index (κ1) is 17.3. The van der Waals surface area contributed by atoms with Crippen molar-refractivity contribution in [2.24, 2.45) is 0 Å². The molecule has 0 aromatic heterocycles. The summed E-state index contributed by atoms with van der Waals surface area (Å²) in [5.41, 5.74) is 0.000170. The van der Waals surface area contributed by atoms with Gasteiger partial charge in [0.25, 0.3) is 5.69 Å². The van der Waals surface area contributed by atoms with Crippen LogP contribution in [0, 0.1) is 10.1 Å². The van der Waals surface area contributed by atoms with E-state index in [1.807, 2.05) is 6.92 Å². The van der Waals surface area contributed by atoms with E-state index >= 15 is 0 Å². The third-order valence-corrected chi connectivity index (χ3v) is 3.12. The molecule has 0 spiro atoms. The summed E-state index contributed by atoms with van der Waals surface area (Å²) in [5.74, 6) is 1.41. The van der Waals surface area contributed by atoms with E-state index < -0.39 is 11.0 Å². The Balaban J connectivity index is 1.89. The summed E-state index contributed by atoms with van der Waals surface area (Å²) >= 11 is 0. The predicted molar refractivity (Wildman–Crippen MR) is 88.5 cm³/mol. The van der Waals surface area contributed by atoms with Gasteiger partial charge in [-0.1, -0.05) is 13.3 Å². The first-order valence-corrected chi connectivity index (χ1v) is 7.56. The van der Waals surface area contributed by atoms with Gasteiger partial charge in [0.2, 0.25) is 0 Å². The van der Waals surface area contributed by atoms with Crippen molar-refractivity contribution in [1.82, 2.24) is 5.32 Å². The minimum Gasteiger partial charge on any atom is -0.457 e. The molecule has 0 aliphatic carbocycles. The van der Waals surface area contributed by atoms with Crippen LogP contribution in [0.2, 0.25) is 0 Å². The quantitative estimate of drug-likeness (QED) is 0.465. The maximum atomic E-state index is 11.5. The maximum Gasteiger partial charge on any atom is 0.412 e. The lowest BCUT2D eigenvalue weighted by Gasteiger charge is -2.08. The van der Waals surface area contributed by atoms with E-state index in [2.05, 4.69) is 5.32 Å². The van der Waals surface area contributed by atoms with E-state index in [-0.39, 0.29) is 5.69 Å². The molecule has 0 fully saturated rings. The molecule has 0 heterocycles. The topological polar surface area (TPSA) is 90.7 Å². The second kappa shape index (κ2) is 8.52. The van der Waals surface area contributed by atoms with Crippen LogP contribution in [0.25, 0.3) is 0 Å². The first-order chi connectivity index (χ1) is 11.6. The van der Waals surface area contributed by atoms with Crippen LogP contribution >= 0.6 is 0 Å². The minimum absolute atomic E-state index is 0.000170. The molecule has 24 heavy (non-hydrogen) atoms. The molecular formula is C17H18N2O5. The number of nitrogens with zero attached hydrogens (tertiary/aromatic N) is 1. The van der Waals surface area contributed by atoms with Crippen LogP contribution in [0.1, 0.15) is 19.8 Å². The third-order valence-electron chi connectivity index (χ3n) is 3.12. The van der Waals surface area contributed by atoms with Gasteiger partial charge in [0.05, 0.1) is 4.92 Å². The highest BCUT2D eigenvalue weighted by Crippen LogP contribution is 2.25. The highest BCUT2D eigenvalue weighted by atomic mass is 16.6. The van der Waals surface area contributed by atoms with Gasteiger partial charge < -0.3 is 14.8 Å². The van der Waals surface area contributed by atoms with Crippen LogP contribution in [0.3, 0.4) is 0 Å². The van der Waals surface area contributed by atoms with Crippen molar-refractivity contribution in [3.63, 3.8) is 0 Å². The summed E-state index contributed by atoms with van der Waals surface area (Å²) in [4.78, 5) is 21.7. The van der Waals surface area contributed by atoms with E-state index in [0.29, 0.717) is 23.8 Å². The Kier molecular flexibility index (Phi) is 6.13. The molecule has 0 bridgehead atoms. The first-order valence-electron chi connectivity index (χ1n) is 7.56. The molecule has 0 saturated carbocycles. The van der Waals surface area contributed by atoms with Crippen LogP contribution in [-0.4, -0.2) is 17.6 Å². The van der Waals surface area contributed by atoms with Gasteiger partial charge in [-0.05, 0) is 42.8 Å². The summed E-state index contributed by atoms with van der Waals surface area (Å²) in [7, 11) is 0. The summed E-state index contributed by atoms with van der Waals surface area (Å²) < 4.78 is 10.7. The molecule has 2 aromatic rings. The normalized spacial score (nSPS) is 10.0. The van der Waals surface area contributed by atoms with Crippen molar-refractivity contribution >= 4 is 11.8 Å². The summed E-state index contributed by atoms with van der Waals surface area (Å²) in [6.07, 6.45) is 1.40. The molecular weight excluding hydrogens is 312 g/mol.